The number of aromatic nitrogens is 2. The van der Waals surface area contributed by atoms with Gasteiger partial charge in [0.25, 0.3) is 5.91 Å². The van der Waals surface area contributed by atoms with Gasteiger partial charge < -0.3 is 10.1 Å². The standard InChI is InChI=1S/C20H18ClN3O3/c1-13-10-11-22-24(13)18-8-6-15(7-9-18)20(26)27-14(2)19(25)23-17-5-3-4-16(21)12-17/h3-12,14H,1-2H3,(H,23,25)/t14-/m0/s1. The first-order valence-corrected chi connectivity index (χ1v) is 8.70. The van der Waals surface area contributed by atoms with Crippen LogP contribution >= 0.6 is 11.6 Å². The first kappa shape index (κ1) is 18.7. The molecule has 0 unspecified atom stereocenters. The van der Waals surface area contributed by atoms with Gasteiger partial charge in [-0.2, -0.15) is 5.10 Å². The van der Waals surface area contributed by atoms with Gasteiger partial charge in [0.15, 0.2) is 6.10 Å². The predicted molar refractivity (Wildman–Crippen MR) is 103 cm³/mol. The number of anilines is 1. The molecule has 27 heavy (non-hydrogen) atoms. The number of aryl methyl sites for hydroxylation is 1. The third-order valence-electron chi connectivity index (χ3n) is 3.92. The van der Waals surface area contributed by atoms with Gasteiger partial charge in [-0.1, -0.05) is 17.7 Å². The van der Waals surface area contributed by atoms with Crippen LogP contribution in [0.3, 0.4) is 0 Å². The molecule has 1 N–H and O–H groups in total. The normalized spacial score (nSPS) is 11.7. The summed E-state index contributed by atoms with van der Waals surface area (Å²) in [7, 11) is 0. The van der Waals surface area contributed by atoms with Crippen molar-refractivity contribution >= 4 is 29.2 Å². The van der Waals surface area contributed by atoms with E-state index in [1.165, 1.54) is 6.92 Å². The number of rotatable bonds is 5. The molecule has 138 valence electrons. The Balaban J connectivity index is 1.62. The van der Waals surface area contributed by atoms with Crippen LogP contribution in [0.4, 0.5) is 5.69 Å². The third kappa shape index (κ3) is 4.54. The van der Waals surface area contributed by atoms with Gasteiger partial charge in [-0.25, -0.2) is 9.48 Å². The van der Waals surface area contributed by atoms with Gasteiger partial charge in [-0.3, -0.25) is 4.79 Å². The van der Waals surface area contributed by atoms with Crippen LogP contribution in [0.1, 0.15) is 23.0 Å². The molecule has 2 aromatic carbocycles. The Labute approximate surface area is 161 Å². The number of nitrogens with one attached hydrogen (secondary N) is 1. The number of carbonyl (C=O) groups excluding carboxylic acids is 2. The Morgan fingerprint density at radius 2 is 1.89 bits per heavy atom. The predicted octanol–water partition coefficient (Wildman–Crippen LogP) is 4.02. The second-order valence-electron chi connectivity index (χ2n) is 5.98. The second kappa shape index (κ2) is 8.05. The van der Waals surface area contributed by atoms with Crippen LogP contribution in [-0.4, -0.2) is 27.8 Å². The zero-order chi connectivity index (χ0) is 19.4. The first-order valence-electron chi connectivity index (χ1n) is 8.32. The largest absolute Gasteiger partial charge is 0.449 e. The topological polar surface area (TPSA) is 73.2 Å². The van der Waals surface area contributed by atoms with E-state index in [0.29, 0.717) is 16.3 Å². The maximum atomic E-state index is 12.3. The first-order chi connectivity index (χ1) is 12.9. The van der Waals surface area contributed by atoms with E-state index in [1.807, 2.05) is 13.0 Å². The fraction of sp³-hybridized carbons (Fsp3) is 0.150. The van der Waals surface area contributed by atoms with Crippen LogP contribution in [0, 0.1) is 6.92 Å². The van der Waals surface area contributed by atoms with Crippen LogP contribution in [0.5, 0.6) is 0 Å². The minimum Gasteiger partial charge on any atom is -0.449 e. The molecule has 0 spiro atoms. The highest BCUT2D eigenvalue weighted by atomic mass is 35.5. The van der Waals surface area contributed by atoms with Crippen molar-refractivity contribution in [1.29, 1.82) is 0 Å². The molecular weight excluding hydrogens is 366 g/mol. The van der Waals surface area contributed by atoms with Crippen molar-refractivity contribution in [2.45, 2.75) is 20.0 Å². The molecule has 1 atom stereocenters. The molecule has 0 aliphatic rings. The molecule has 0 bridgehead atoms. The highest BCUT2D eigenvalue weighted by Gasteiger charge is 2.19. The summed E-state index contributed by atoms with van der Waals surface area (Å²) in [6, 6.07) is 15.5. The summed E-state index contributed by atoms with van der Waals surface area (Å²) in [6.07, 6.45) is 0.752. The summed E-state index contributed by atoms with van der Waals surface area (Å²) in [5.41, 5.74) is 2.71. The Bertz CT molecular complexity index is 967. The summed E-state index contributed by atoms with van der Waals surface area (Å²) in [5, 5.41) is 7.38. The molecular formula is C20H18ClN3O3. The molecule has 3 rings (SSSR count). The minimum absolute atomic E-state index is 0.353. The second-order valence-corrected chi connectivity index (χ2v) is 6.41. The van der Waals surface area contributed by atoms with Crippen LogP contribution in [0.25, 0.3) is 5.69 Å². The number of benzene rings is 2. The van der Waals surface area contributed by atoms with Gasteiger partial charge in [-0.15, -0.1) is 0 Å². The molecule has 0 aliphatic heterocycles. The molecule has 7 heteroatoms. The van der Waals surface area contributed by atoms with Gasteiger partial charge in [-0.05, 0) is 62.4 Å². The van der Waals surface area contributed by atoms with E-state index >= 15 is 0 Å². The zero-order valence-corrected chi connectivity index (χ0v) is 15.6. The van der Waals surface area contributed by atoms with Crippen LogP contribution < -0.4 is 5.32 Å². The van der Waals surface area contributed by atoms with Crippen molar-refractivity contribution in [3.63, 3.8) is 0 Å². The van der Waals surface area contributed by atoms with Crippen molar-refractivity contribution in [1.82, 2.24) is 9.78 Å². The summed E-state index contributed by atoms with van der Waals surface area (Å²) in [5.74, 6) is -1.01. The number of hydrogen-bond acceptors (Lipinski definition) is 4. The molecule has 0 saturated carbocycles. The van der Waals surface area contributed by atoms with E-state index < -0.39 is 18.0 Å². The number of hydrogen-bond donors (Lipinski definition) is 1. The maximum absolute atomic E-state index is 12.3. The number of ether oxygens (including phenoxy) is 1. The molecule has 6 nitrogen and oxygen atoms in total. The molecule has 1 heterocycles. The number of amides is 1. The van der Waals surface area contributed by atoms with Crippen molar-refractivity contribution in [2.24, 2.45) is 0 Å². The van der Waals surface area contributed by atoms with Gasteiger partial charge in [0, 0.05) is 22.6 Å². The lowest BCUT2D eigenvalue weighted by molar-refractivity contribution is -0.123. The summed E-state index contributed by atoms with van der Waals surface area (Å²) in [4.78, 5) is 24.5. The Morgan fingerprint density at radius 1 is 1.15 bits per heavy atom. The Hall–Kier alpha value is -3.12. The highest BCUT2D eigenvalue weighted by molar-refractivity contribution is 6.30. The van der Waals surface area contributed by atoms with Crippen molar-refractivity contribution in [3.05, 3.63) is 77.1 Å². The van der Waals surface area contributed by atoms with Gasteiger partial charge in [0.05, 0.1) is 11.3 Å². The smallest absolute Gasteiger partial charge is 0.338 e. The van der Waals surface area contributed by atoms with Crippen LogP contribution in [0.2, 0.25) is 5.02 Å². The average Bonchev–Trinajstić information content (AvgIpc) is 3.07. The molecule has 0 radical (unpaired) electrons. The summed E-state index contributed by atoms with van der Waals surface area (Å²) in [6.45, 7) is 3.45. The molecule has 0 fully saturated rings. The van der Waals surface area contributed by atoms with Gasteiger partial charge in [0.1, 0.15) is 0 Å². The van der Waals surface area contributed by atoms with E-state index in [2.05, 4.69) is 10.4 Å². The van der Waals surface area contributed by atoms with E-state index in [4.69, 9.17) is 16.3 Å². The SMILES string of the molecule is Cc1ccnn1-c1ccc(C(=O)O[C@@H](C)C(=O)Nc2cccc(Cl)c2)cc1. The maximum Gasteiger partial charge on any atom is 0.338 e. The zero-order valence-electron chi connectivity index (χ0n) is 14.8. The third-order valence-corrected chi connectivity index (χ3v) is 4.16. The van der Waals surface area contributed by atoms with E-state index in [-0.39, 0.29) is 0 Å². The van der Waals surface area contributed by atoms with Crippen LogP contribution in [-0.2, 0) is 9.53 Å². The molecule has 1 amide bonds. The summed E-state index contributed by atoms with van der Waals surface area (Å²) < 4.78 is 7.01. The molecule has 3 aromatic rings. The quantitative estimate of drug-likeness (QED) is 0.675. The fourth-order valence-corrected chi connectivity index (χ4v) is 2.66. The number of esters is 1. The van der Waals surface area contributed by atoms with E-state index in [9.17, 15) is 9.59 Å². The Morgan fingerprint density at radius 3 is 2.52 bits per heavy atom. The molecule has 1 aromatic heterocycles. The van der Waals surface area contributed by atoms with Crippen LogP contribution in [0.15, 0.2) is 60.8 Å². The summed E-state index contributed by atoms with van der Waals surface area (Å²) >= 11 is 5.89. The van der Waals surface area contributed by atoms with Gasteiger partial charge >= 0.3 is 5.97 Å². The van der Waals surface area contributed by atoms with E-state index in [1.54, 1.807) is 59.4 Å². The van der Waals surface area contributed by atoms with Crippen molar-refractivity contribution in [2.75, 3.05) is 5.32 Å². The number of carbonyl (C=O) groups is 2. The lowest BCUT2D eigenvalue weighted by atomic mass is 10.2. The van der Waals surface area contributed by atoms with E-state index in [0.717, 1.165) is 11.4 Å². The Kier molecular flexibility index (Phi) is 5.57. The van der Waals surface area contributed by atoms with Crippen molar-refractivity contribution in [3.8, 4) is 5.69 Å². The minimum atomic E-state index is -0.954. The number of halogens is 1. The van der Waals surface area contributed by atoms with Crippen molar-refractivity contribution < 1.29 is 14.3 Å². The monoisotopic (exact) mass is 383 g/mol. The van der Waals surface area contributed by atoms with Gasteiger partial charge in [0.2, 0.25) is 0 Å². The lowest BCUT2D eigenvalue weighted by Crippen LogP contribution is -2.30. The fourth-order valence-electron chi connectivity index (χ4n) is 2.47. The highest BCUT2D eigenvalue weighted by Crippen LogP contribution is 2.16. The molecule has 0 aliphatic carbocycles. The molecule has 0 saturated heterocycles. The number of nitrogens with zero attached hydrogens (tertiary/aromatic N) is 2. The lowest BCUT2D eigenvalue weighted by Gasteiger charge is -2.14. The average molecular weight is 384 g/mol.